The smallest absolute Gasteiger partial charge is 0.191 e. The van der Waals surface area contributed by atoms with Gasteiger partial charge < -0.3 is 10.6 Å². The zero-order valence-electron chi connectivity index (χ0n) is 9.76. The monoisotopic (exact) mass is 209 g/mol. The highest BCUT2D eigenvalue weighted by Crippen LogP contribution is 2.19. The molecule has 0 atom stereocenters. The fourth-order valence-corrected chi connectivity index (χ4v) is 2.36. The Hall–Kier alpha value is -0.730. The zero-order valence-corrected chi connectivity index (χ0v) is 9.76. The van der Waals surface area contributed by atoms with Crippen LogP contribution < -0.4 is 10.6 Å². The Morgan fingerprint density at radius 1 is 0.867 bits per heavy atom. The minimum Gasteiger partial charge on any atom is -0.354 e. The third kappa shape index (κ3) is 3.11. The normalized spacial score (nSPS) is 24.7. The molecule has 0 saturated heterocycles. The van der Waals surface area contributed by atoms with E-state index in [1.54, 1.807) is 0 Å². The van der Waals surface area contributed by atoms with Crippen LogP contribution >= 0.6 is 0 Å². The molecule has 0 amide bonds. The summed E-state index contributed by atoms with van der Waals surface area (Å²) >= 11 is 0. The average Bonchev–Trinajstić information content (AvgIpc) is 2.23. The van der Waals surface area contributed by atoms with Gasteiger partial charge in [-0.15, -0.1) is 0 Å². The third-order valence-corrected chi connectivity index (χ3v) is 3.62. The molecule has 0 aromatic carbocycles. The summed E-state index contributed by atoms with van der Waals surface area (Å²) in [4.78, 5) is 4.30. The molecule has 2 saturated carbocycles. The van der Waals surface area contributed by atoms with Crippen LogP contribution in [0.1, 0.15) is 51.4 Å². The zero-order chi connectivity index (χ0) is 10.5. The van der Waals surface area contributed by atoms with E-state index in [1.807, 2.05) is 7.05 Å². The quantitative estimate of drug-likeness (QED) is 0.539. The van der Waals surface area contributed by atoms with E-state index in [9.17, 15) is 0 Å². The standard InChI is InChI=1S/C12H23N3/c1-13-12(15-11-8-5-9-11)14-10-6-3-2-4-7-10/h10-11H,2-9H2,1H3,(H2,13,14,15). The van der Waals surface area contributed by atoms with Crippen molar-refractivity contribution in [3.05, 3.63) is 0 Å². The molecule has 0 aromatic rings. The van der Waals surface area contributed by atoms with Gasteiger partial charge in [0.05, 0.1) is 0 Å². The second kappa shape index (κ2) is 5.38. The van der Waals surface area contributed by atoms with Gasteiger partial charge in [-0.3, -0.25) is 4.99 Å². The lowest BCUT2D eigenvalue weighted by Crippen LogP contribution is -2.49. The van der Waals surface area contributed by atoms with Gasteiger partial charge in [-0.05, 0) is 32.1 Å². The summed E-state index contributed by atoms with van der Waals surface area (Å²) in [5, 5.41) is 7.03. The van der Waals surface area contributed by atoms with Gasteiger partial charge >= 0.3 is 0 Å². The van der Waals surface area contributed by atoms with E-state index in [1.165, 1.54) is 51.4 Å². The molecule has 2 aliphatic rings. The van der Waals surface area contributed by atoms with E-state index in [-0.39, 0.29) is 0 Å². The molecule has 0 aromatic heterocycles. The predicted molar refractivity (Wildman–Crippen MR) is 64.1 cm³/mol. The number of aliphatic imine (C=N–C) groups is 1. The summed E-state index contributed by atoms with van der Waals surface area (Å²) in [6.45, 7) is 0. The molecular formula is C12H23N3. The Morgan fingerprint density at radius 2 is 1.40 bits per heavy atom. The highest BCUT2D eigenvalue weighted by molar-refractivity contribution is 5.80. The molecule has 86 valence electrons. The average molecular weight is 209 g/mol. The Morgan fingerprint density at radius 3 is 1.80 bits per heavy atom. The molecule has 2 fully saturated rings. The number of guanidine groups is 1. The predicted octanol–water partition coefficient (Wildman–Crippen LogP) is 2.04. The Balaban J connectivity index is 1.74. The second-order valence-electron chi connectivity index (χ2n) is 4.82. The van der Waals surface area contributed by atoms with Crippen molar-refractivity contribution < 1.29 is 0 Å². The molecular weight excluding hydrogens is 186 g/mol. The van der Waals surface area contributed by atoms with Gasteiger partial charge in [0.1, 0.15) is 0 Å². The summed E-state index contributed by atoms with van der Waals surface area (Å²) in [5.74, 6) is 1.02. The summed E-state index contributed by atoms with van der Waals surface area (Å²) in [7, 11) is 1.87. The van der Waals surface area contributed by atoms with Crippen molar-refractivity contribution in [2.45, 2.75) is 63.5 Å². The topological polar surface area (TPSA) is 36.4 Å². The van der Waals surface area contributed by atoms with Crippen LogP contribution in [0.4, 0.5) is 0 Å². The maximum atomic E-state index is 4.30. The van der Waals surface area contributed by atoms with E-state index in [4.69, 9.17) is 0 Å². The molecule has 0 aliphatic heterocycles. The van der Waals surface area contributed by atoms with Crippen LogP contribution in [0.5, 0.6) is 0 Å². The lowest BCUT2D eigenvalue weighted by Gasteiger charge is -2.31. The molecule has 2 N–H and O–H groups in total. The molecule has 2 rings (SSSR count). The molecule has 0 heterocycles. The molecule has 0 radical (unpaired) electrons. The van der Waals surface area contributed by atoms with Crippen molar-refractivity contribution in [1.29, 1.82) is 0 Å². The Bertz CT molecular complexity index is 215. The Kier molecular flexibility index (Phi) is 3.87. The fourth-order valence-electron chi connectivity index (χ4n) is 2.36. The number of hydrogen-bond donors (Lipinski definition) is 2. The van der Waals surface area contributed by atoms with Crippen molar-refractivity contribution in [2.75, 3.05) is 7.05 Å². The van der Waals surface area contributed by atoms with Gasteiger partial charge in [-0.1, -0.05) is 19.3 Å². The van der Waals surface area contributed by atoms with E-state index >= 15 is 0 Å². The highest BCUT2D eigenvalue weighted by Gasteiger charge is 2.20. The van der Waals surface area contributed by atoms with Crippen LogP contribution in [-0.2, 0) is 0 Å². The molecule has 15 heavy (non-hydrogen) atoms. The maximum absolute atomic E-state index is 4.30. The minimum atomic E-state index is 0.657. The van der Waals surface area contributed by atoms with Crippen molar-refractivity contribution in [3.8, 4) is 0 Å². The number of nitrogens with one attached hydrogen (secondary N) is 2. The minimum absolute atomic E-state index is 0.657. The number of hydrogen-bond acceptors (Lipinski definition) is 1. The van der Waals surface area contributed by atoms with Crippen molar-refractivity contribution in [2.24, 2.45) is 4.99 Å². The van der Waals surface area contributed by atoms with Gasteiger partial charge in [0.2, 0.25) is 0 Å². The Labute approximate surface area is 92.7 Å². The van der Waals surface area contributed by atoms with Crippen LogP contribution in [0.25, 0.3) is 0 Å². The van der Waals surface area contributed by atoms with E-state index in [2.05, 4.69) is 15.6 Å². The fraction of sp³-hybridized carbons (Fsp3) is 0.917. The van der Waals surface area contributed by atoms with Gasteiger partial charge in [0.25, 0.3) is 0 Å². The van der Waals surface area contributed by atoms with Gasteiger partial charge in [0, 0.05) is 19.1 Å². The first-order valence-electron chi connectivity index (χ1n) is 6.38. The SMILES string of the molecule is CN=C(NC1CCCCC1)NC1CCC1. The second-order valence-corrected chi connectivity index (χ2v) is 4.82. The third-order valence-electron chi connectivity index (χ3n) is 3.62. The molecule has 0 bridgehead atoms. The number of rotatable bonds is 2. The summed E-state index contributed by atoms with van der Waals surface area (Å²) in [5.41, 5.74) is 0. The van der Waals surface area contributed by atoms with Gasteiger partial charge in [-0.25, -0.2) is 0 Å². The molecule has 3 nitrogen and oxygen atoms in total. The van der Waals surface area contributed by atoms with Crippen LogP contribution in [-0.4, -0.2) is 25.1 Å². The van der Waals surface area contributed by atoms with E-state index < -0.39 is 0 Å². The number of nitrogens with zero attached hydrogens (tertiary/aromatic N) is 1. The lowest BCUT2D eigenvalue weighted by molar-refractivity contribution is 0.368. The van der Waals surface area contributed by atoms with Crippen LogP contribution in [0.15, 0.2) is 4.99 Å². The molecule has 0 unspecified atom stereocenters. The van der Waals surface area contributed by atoms with Gasteiger partial charge in [-0.2, -0.15) is 0 Å². The highest BCUT2D eigenvalue weighted by atomic mass is 15.2. The van der Waals surface area contributed by atoms with Crippen molar-refractivity contribution in [3.63, 3.8) is 0 Å². The van der Waals surface area contributed by atoms with Crippen LogP contribution in [0.3, 0.4) is 0 Å². The van der Waals surface area contributed by atoms with Crippen molar-refractivity contribution in [1.82, 2.24) is 10.6 Å². The van der Waals surface area contributed by atoms with Crippen molar-refractivity contribution >= 4 is 5.96 Å². The maximum Gasteiger partial charge on any atom is 0.191 e. The first kappa shape index (κ1) is 10.8. The largest absolute Gasteiger partial charge is 0.354 e. The van der Waals surface area contributed by atoms with E-state index in [0.29, 0.717) is 12.1 Å². The van der Waals surface area contributed by atoms with Crippen LogP contribution in [0, 0.1) is 0 Å². The summed E-state index contributed by atoms with van der Waals surface area (Å²) < 4.78 is 0. The molecule has 2 aliphatic carbocycles. The first-order chi connectivity index (χ1) is 7.38. The molecule has 3 heteroatoms. The van der Waals surface area contributed by atoms with Crippen LogP contribution in [0.2, 0.25) is 0 Å². The molecule has 0 spiro atoms. The first-order valence-corrected chi connectivity index (χ1v) is 6.38. The van der Waals surface area contributed by atoms with Gasteiger partial charge in [0.15, 0.2) is 5.96 Å². The lowest BCUT2D eigenvalue weighted by atomic mass is 9.93. The van der Waals surface area contributed by atoms with E-state index in [0.717, 1.165) is 5.96 Å². The summed E-state index contributed by atoms with van der Waals surface area (Å²) in [6.07, 6.45) is 10.8. The summed E-state index contributed by atoms with van der Waals surface area (Å²) in [6, 6.07) is 1.34.